The molecule has 0 radical (unpaired) electrons. The van der Waals surface area contributed by atoms with Gasteiger partial charge in [0.15, 0.2) is 0 Å². The average molecular weight is 329 g/mol. The van der Waals surface area contributed by atoms with Crippen LogP contribution in [0.1, 0.15) is 19.8 Å². The molecule has 0 amide bonds. The first-order chi connectivity index (χ1) is 9.08. The topological polar surface area (TPSA) is 64.4 Å². The molecule has 0 spiro atoms. The van der Waals surface area contributed by atoms with Crippen LogP contribution in [0.15, 0.2) is 22.7 Å². The Morgan fingerprint density at radius 1 is 1.47 bits per heavy atom. The Morgan fingerprint density at radius 3 is 2.79 bits per heavy atom. The molecule has 1 heterocycles. The summed E-state index contributed by atoms with van der Waals surface area (Å²) in [5, 5.41) is 14.3. The van der Waals surface area contributed by atoms with Crippen molar-refractivity contribution in [3.63, 3.8) is 0 Å². The molecule has 1 atom stereocenters. The molecular weight excluding hydrogens is 312 g/mol. The van der Waals surface area contributed by atoms with E-state index < -0.39 is 0 Å². The van der Waals surface area contributed by atoms with Crippen molar-refractivity contribution in [3.05, 3.63) is 32.8 Å². The van der Waals surface area contributed by atoms with Crippen LogP contribution in [0.4, 0.5) is 11.4 Å². The molecule has 0 aromatic heterocycles. The minimum absolute atomic E-state index is 0.105. The summed E-state index contributed by atoms with van der Waals surface area (Å²) in [5.41, 5.74) is 0.681. The van der Waals surface area contributed by atoms with E-state index in [1.807, 2.05) is 6.07 Å². The van der Waals surface area contributed by atoms with E-state index in [1.54, 1.807) is 6.07 Å². The third-order valence-corrected chi connectivity index (χ3v) is 4.01. The number of halogens is 1. The summed E-state index contributed by atoms with van der Waals surface area (Å²) < 4.78 is 6.05. The standard InChI is InChI=1S/C13H17BrN2O3/c1-9(10-4-6-19-7-5-10)15-12-3-2-11(14)8-13(12)16(17)18/h2-3,8-10,15H,4-7H2,1H3. The summed E-state index contributed by atoms with van der Waals surface area (Å²) in [7, 11) is 0. The molecule has 1 aromatic rings. The molecule has 1 unspecified atom stereocenters. The van der Waals surface area contributed by atoms with E-state index in [9.17, 15) is 10.1 Å². The van der Waals surface area contributed by atoms with Crippen LogP contribution in [-0.2, 0) is 4.74 Å². The van der Waals surface area contributed by atoms with E-state index in [4.69, 9.17) is 4.74 Å². The quantitative estimate of drug-likeness (QED) is 0.677. The molecule has 0 bridgehead atoms. The number of nitrogens with zero attached hydrogens (tertiary/aromatic N) is 1. The van der Waals surface area contributed by atoms with Crippen LogP contribution in [0.25, 0.3) is 0 Å². The van der Waals surface area contributed by atoms with Gasteiger partial charge in [0.05, 0.1) is 4.92 Å². The van der Waals surface area contributed by atoms with Crippen LogP contribution < -0.4 is 5.32 Å². The van der Waals surface area contributed by atoms with E-state index in [0.29, 0.717) is 16.1 Å². The van der Waals surface area contributed by atoms with Crippen LogP contribution in [0.2, 0.25) is 0 Å². The van der Waals surface area contributed by atoms with Gasteiger partial charge in [0.1, 0.15) is 5.69 Å². The minimum Gasteiger partial charge on any atom is -0.381 e. The Hall–Kier alpha value is -1.14. The molecular formula is C13H17BrN2O3. The zero-order valence-electron chi connectivity index (χ0n) is 10.8. The van der Waals surface area contributed by atoms with Gasteiger partial charge >= 0.3 is 0 Å². The van der Waals surface area contributed by atoms with E-state index in [1.165, 1.54) is 6.07 Å². The SMILES string of the molecule is CC(Nc1ccc(Br)cc1[N+](=O)[O-])C1CCOCC1. The molecule has 6 heteroatoms. The number of hydrogen-bond acceptors (Lipinski definition) is 4. The summed E-state index contributed by atoms with van der Waals surface area (Å²) in [4.78, 5) is 10.7. The van der Waals surface area contributed by atoms with Crippen molar-refractivity contribution in [1.29, 1.82) is 0 Å². The van der Waals surface area contributed by atoms with Crippen molar-refractivity contribution in [1.82, 2.24) is 0 Å². The molecule has 2 rings (SSSR count). The normalized spacial score (nSPS) is 18.0. The van der Waals surface area contributed by atoms with Crippen molar-refractivity contribution in [2.24, 2.45) is 5.92 Å². The Morgan fingerprint density at radius 2 is 2.16 bits per heavy atom. The van der Waals surface area contributed by atoms with E-state index >= 15 is 0 Å². The second-order valence-electron chi connectivity index (χ2n) is 4.80. The summed E-state index contributed by atoms with van der Waals surface area (Å²) in [6.45, 7) is 3.62. The van der Waals surface area contributed by atoms with Gasteiger partial charge in [-0.2, -0.15) is 0 Å². The van der Waals surface area contributed by atoms with Crippen LogP contribution in [-0.4, -0.2) is 24.2 Å². The molecule has 1 fully saturated rings. The van der Waals surface area contributed by atoms with Crippen molar-refractivity contribution in [3.8, 4) is 0 Å². The number of hydrogen-bond donors (Lipinski definition) is 1. The Kier molecular flexibility index (Phi) is 4.76. The molecule has 1 saturated heterocycles. The van der Waals surface area contributed by atoms with Crippen LogP contribution in [0.5, 0.6) is 0 Å². The minimum atomic E-state index is -0.357. The van der Waals surface area contributed by atoms with Gasteiger partial charge in [-0.05, 0) is 37.8 Å². The number of benzene rings is 1. The van der Waals surface area contributed by atoms with Gasteiger partial charge in [-0.3, -0.25) is 10.1 Å². The van der Waals surface area contributed by atoms with Crippen molar-refractivity contribution in [2.75, 3.05) is 18.5 Å². The van der Waals surface area contributed by atoms with Gasteiger partial charge in [0.2, 0.25) is 0 Å². The van der Waals surface area contributed by atoms with E-state index in [-0.39, 0.29) is 16.7 Å². The first kappa shape index (κ1) is 14.3. The summed E-state index contributed by atoms with van der Waals surface area (Å²) in [5.74, 6) is 0.497. The van der Waals surface area contributed by atoms with Gasteiger partial charge in [-0.25, -0.2) is 0 Å². The second-order valence-corrected chi connectivity index (χ2v) is 5.72. The maximum absolute atomic E-state index is 11.1. The highest BCUT2D eigenvalue weighted by atomic mass is 79.9. The summed E-state index contributed by atoms with van der Waals surface area (Å²) in [6.07, 6.45) is 2.00. The number of anilines is 1. The van der Waals surface area contributed by atoms with Crippen molar-refractivity contribution < 1.29 is 9.66 Å². The zero-order valence-corrected chi connectivity index (χ0v) is 12.4. The van der Waals surface area contributed by atoms with E-state index in [0.717, 1.165) is 26.1 Å². The lowest BCUT2D eigenvalue weighted by atomic mass is 9.93. The third kappa shape index (κ3) is 3.67. The molecule has 1 N–H and O–H groups in total. The van der Waals surface area contributed by atoms with Gasteiger partial charge in [-0.1, -0.05) is 15.9 Å². The summed E-state index contributed by atoms with van der Waals surface area (Å²) >= 11 is 3.26. The molecule has 1 aliphatic rings. The van der Waals surface area contributed by atoms with Crippen LogP contribution in [0.3, 0.4) is 0 Å². The Balaban J connectivity index is 2.11. The van der Waals surface area contributed by atoms with Crippen molar-refractivity contribution in [2.45, 2.75) is 25.8 Å². The number of rotatable bonds is 4. The van der Waals surface area contributed by atoms with Crippen molar-refractivity contribution >= 4 is 27.3 Å². The van der Waals surface area contributed by atoms with E-state index in [2.05, 4.69) is 28.2 Å². The highest BCUT2D eigenvalue weighted by Gasteiger charge is 2.23. The lowest BCUT2D eigenvalue weighted by Crippen LogP contribution is -2.31. The number of nitrogens with one attached hydrogen (secondary N) is 1. The fourth-order valence-electron chi connectivity index (χ4n) is 2.36. The molecule has 5 nitrogen and oxygen atoms in total. The number of nitro groups is 1. The molecule has 104 valence electrons. The monoisotopic (exact) mass is 328 g/mol. The number of ether oxygens (including phenoxy) is 1. The number of nitro benzene ring substituents is 1. The maximum atomic E-state index is 11.1. The lowest BCUT2D eigenvalue weighted by Gasteiger charge is -2.28. The Labute approximate surface area is 120 Å². The van der Waals surface area contributed by atoms with Crippen LogP contribution in [0, 0.1) is 16.0 Å². The third-order valence-electron chi connectivity index (χ3n) is 3.51. The smallest absolute Gasteiger partial charge is 0.293 e. The highest BCUT2D eigenvalue weighted by molar-refractivity contribution is 9.10. The molecule has 0 aliphatic carbocycles. The molecule has 1 aliphatic heterocycles. The first-order valence-electron chi connectivity index (χ1n) is 6.36. The first-order valence-corrected chi connectivity index (χ1v) is 7.15. The van der Waals surface area contributed by atoms with Gasteiger partial charge in [0.25, 0.3) is 5.69 Å². The van der Waals surface area contributed by atoms with Gasteiger partial charge in [-0.15, -0.1) is 0 Å². The fraction of sp³-hybridized carbons (Fsp3) is 0.538. The largest absolute Gasteiger partial charge is 0.381 e. The Bertz CT molecular complexity index is 461. The molecule has 1 aromatic carbocycles. The average Bonchev–Trinajstić information content (AvgIpc) is 2.41. The fourth-order valence-corrected chi connectivity index (χ4v) is 2.71. The predicted molar refractivity (Wildman–Crippen MR) is 77.4 cm³/mol. The predicted octanol–water partition coefficient (Wildman–Crippen LogP) is 3.58. The summed E-state index contributed by atoms with van der Waals surface area (Å²) in [6, 6.07) is 5.28. The highest BCUT2D eigenvalue weighted by Crippen LogP contribution is 2.30. The maximum Gasteiger partial charge on any atom is 0.293 e. The second kappa shape index (κ2) is 6.34. The lowest BCUT2D eigenvalue weighted by molar-refractivity contribution is -0.384. The van der Waals surface area contributed by atoms with Gasteiger partial charge in [0, 0.05) is 29.8 Å². The van der Waals surface area contributed by atoms with Gasteiger partial charge < -0.3 is 10.1 Å². The zero-order chi connectivity index (χ0) is 13.8. The molecule has 19 heavy (non-hydrogen) atoms. The van der Waals surface area contributed by atoms with Crippen LogP contribution >= 0.6 is 15.9 Å². The molecule has 0 saturated carbocycles.